The zero-order valence-electron chi connectivity index (χ0n) is 28.0. The first kappa shape index (κ1) is 32.1. The summed E-state index contributed by atoms with van der Waals surface area (Å²) in [6.07, 6.45) is 9.51. The number of aromatic nitrogens is 3. The van der Waals surface area contributed by atoms with Gasteiger partial charge in [0.2, 0.25) is 5.88 Å². The third kappa shape index (κ3) is 6.26. The molecule has 0 aliphatic carbocycles. The summed E-state index contributed by atoms with van der Waals surface area (Å²) >= 11 is 0. The minimum Gasteiger partial charge on any atom is -0.487 e. The zero-order valence-corrected chi connectivity index (χ0v) is 28.0. The van der Waals surface area contributed by atoms with Crippen molar-refractivity contribution in [1.29, 1.82) is 0 Å². The Morgan fingerprint density at radius 3 is 2.77 bits per heavy atom. The summed E-state index contributed by atoms with van der Waals surface area (Å²) in [5.74, 6) is 1.06. The molecule has 48 heavy (non-hydrogen) atoms. The summed E-state index contributed by atoms with van der Waals surface area (Å²) in [7, 11) is 3.54. The van der Waals surface area contributed by atoms with Crippen LogP contribution in [0.25, 0.3) is 10.9 Å². The summed E-state index contributed by atoms with van der Waals surface area (Å²) in [6, 6.07) is 9.45. The normalized spacial score (nSPS) is 20.9. The van der Waals surface area contributed by atoms with Gasteiger partial charge in [0.05, 0.1) is 35.9 Å². The van der Waals surface area contributed by atoms with E-state index >= 15 is 4.39 Å². The maximum Gasteiger partial charge on any atom is 0.213 e. The fourth-order valence-electron chi connectivity index (χ4n) is 7.56. The number of halogens is 1. The first-order valence-electron chi connectivity index (χ1n) is 17.0. The highest BCUT2D eigenvalue weighted by Crippen LogP contribution is 2.42. The van der Waals surface area contributed by atoms with Gasteiger partial charge in [0, 0.05) is 75.9 Å². The van der Waals surface area contributed by atoms with Crippen LogP contribution in [-0.4, -0.2) is 78.5 Å². The second-order valence-corrected chi connectivity index (χ2v) is 13.4. The molecule has 3 aromatic heterocycles. The molecule has 1 aromatic carbocycles. The van der Waals surface area contributed by atoms with Crippen molar-refractivity contribution >= 4 is 28.1 Å². The lowest BCUT2D eigenvalue weighted by atomic mass is 10.0. The fraction of sp³-hybridized carbons (Fsp3) is 0.472. The SMILES string of the molecule is COc1cc(CN(Cc2cn3c4c(c(N(C)C5CCCNC5)c(F)cc4c2=O)OCC3C)[C@H]2CCCN(c3ccc(N)nc3)C2)ccn1. The summed E-state index contributed by atoms with van der Waals surface area (Å²) < 4.78 is 30.0. The maximum atomic E-state index is 16.1. The number of nitrogens with zero attached hydrogens (tertiary/aromatic N) is 6. The van der Waals surface area contributed by atoms with E-state index < -0.39 is 5.82 Å². The van der Waals surface area contributed by atoms with Crippen molar-refractivity contribution in [3.05, 3.63) is 76.1 Å². The number of nitrogens with one attached hydrogen (secondary N) is 1. The Balaban J connectivity index is 1.27. The number of piperidine rings is 2. The van der Waals surface area contributed by atoms with Crippen molar-refractivity contribution in [2.24, 2.45) is 0 Å². The summed E-state index contributed by atoms with van der Waals surface area (Å²) in [5.41, 5.74) is 9.49. The molecule has 2 saturated heterocycles. The van der Waals surface area contributed by atoms with Crippen LogP contribution < -0.4 is 35.8 Å². The minimum atomic E-state index is -0.429. The van der Waals surface area contributed by atoms with Crippen molar-refractivity contribution in [2.75, 3.05) is 62.5 Å². The van der Waals surface area contributed by atoms with Crippen LogP contribution in [0.1, 0.15) is 49.8 Å². The fourth-order valence-corrected chi connectivity index (χ4v) is 7.56. The molecule has 7 rings (SSSR count). The van der Waals surface area contributed by atoms with E-state index in [-0.39, 0.29) is 23.6 Å². The van der Waals surface area contributed by atoms with Crippen molar-refractivity contribution in [3.8, 4) is 11.6 Å². The third-order valence-corrected chi connectivity index (χ3v) is 10.2. The minimum absolute atomic E-state index is 0.0274. The molecule has 3 aliphatic rings. The van der Waals surface area contributed by atoms with Crippen LogP contribution in [0.15, 0.2) is 53.7 Å². The number of ether oxygens (including phenoxy) is 2. The predicted molar refractivity (Wildman–Crippen MR) is 187 cm³/mol. The molecule has 6 heterocycles. The predicted octanol–water partition coefficient (Wildman–Crippen LogP) is 4.33. The second kappa shape index (κ2) is 13.6. The lowest BCUT2D eigenvalue weighted by molar-refractivity contribution is 0.157. The van der Waals surface area contributed by atoms with E-state index in [0.29, 0.717) is 59.3 Å². The Kier molecular flexibility index (Phi) is 9.11. The number of nitrogen functional groups attached to an aromatic ring is 1. The molecule has 0 amide bonds. The van der Waals surface area contributed by atoms with Crippen LogP contribution in [0.2, 0.25) is 0 Å². The molecule has 3 aliphatic heterocycles. The van der Waals surface area contributed by atoms with E-state index in [1.54, 1.807) is 13.3 Å². The molecule has 3 atom stereocenters. The Hall–Kier alpha value is -4.42. The lowest BCUT2D eigenvalue weighted by Crippen LogP contribution is -2.48. The van der Waals surface area contributed by atoms with Gasteiger partial charge < -0.3 is 34.9 Å². The quantitative estimate of drug-likeness (QED) is 0.270. The molecule has 0 bridgehead atoms. The van der Waals surface area contributed by atoms with E-state index in [1.807, 2.05) is 48.6 Å². The third-order valence-electron chi connectivity index (χ3n) is 10.2. The molecule has 0 saturated carbocycles. The van der Waals surface area contributed by atoms with Crippen molar-refractivity contribution in [1.82, 2.24) is 24.8 Å². The van der Waals surface area contributed by atoms with Crippen LogP contribution in [0.3, 0.4) is 0 Å². The van der Waals surface area contributed by atoms with Gasteiger partial charge in [-0.2, -0.15) is 0 Å². The maximum absolute atomic E-state index is 16.1. The van der Waals surface area contributed by atoms with Gasteiger partial charge in [0.25, 0.3) is 0 Å². The zero-order chi connectivity index (χ0) is 33.4. The molecule has 3 N–H and O–H groups in total. The van der Waals surface area contributed by atoms with Crippen molar-refractivity contribution < 1.29 is 13.9 Å². The van der Waals surface area contributed by atoms with Crippen molar-refractivity contribution in [2.45, 2.75) is 63.8 Å². The number of likely N-dealkylation sites (N-methyl/N-ethyl adjacent to an activating group) is 1. The highest BCUT2D eigenvalue weighted by atomic mass is 19.1. The van der Waals surface area contributed by atoms with E-state index in [2.05, 4.69) is 36.6 Å². The average molecular weight is 657 g/mol. The molecule has 0 radical (unpaired) electrons. The average Bonchev–Trinajstić information content (AvgIpc) is 3.11. The number of anilines is 3. The first-order valence-corrected chi connectivity index (χ1v) is 17.0. The van der Waals surface area contributed by atoms with Gasteiger partial charge in [-0.1, -0.05) is 0 Å². The molecular weight excluding hydrogens is 611 g/mol. The number of benzene rings is 1. The number of pyridine rings is 3. The smallest absolute Gasteiger partial charge is 0.213 e. The molecule has 11 nitrogen and oxygen atoms in total. The van der Waals surface area contributed by atoms with E-state index in [9.17, 15) is 4.79 Å². The number of rotatable bonds is 9. The Bertz CT molecular complexity index is 1830. The van der Waals surface area contributed by atoms with Gasteiger partial charge in [0.15, 0.2) is 17.0 Å². The summed E-state index contributed by atoms with van der Waals surface area (Å²) in [6.45, 7) is 6.89. The number of methoxy groups -OCH3 is 1. The van der Waals surface area contributed by atoms with Gasteiger partial charge in [-0.05, 0) is 69.0 Å². The van der Waals surface area contributed by atoms with Gasteiger partial charge in [0.1, 0.15) is 18.1 Å². The summed E-state index contributed by atoms with van der Waals surface area (Å²) in [5, 5.41) is 3.78. The molecule has 254 valence electrons. The lowest BCUT2D eigenvalue weighted by Gasteiger charge is -2.40. The van der Waals surface area contributed by atoms with E-state index in [0.717, 1.165) is 63.1 Å². The molecule has 4 aromatic rings. The highest BCUT2D eigenvalue weighted by molar-refractivity contribution is 5.92. The molecule has 2 fully saturated rings. The van der Waals surface area contributed by atoms with Crippen molar-refractivity contribution in [3.63, 3.8) is 0 Å². The number of hydrogen-bond acceptors (Lipinski definition) is 10. The van der Waals surface area contributed by atoms with Crippen LogP contribution in [0.5, 0.6) is 11.6 Å². The Morgan fingerprint density at radius 1 is 1.15 bits per heavy atom. The monoisotopic (exact) mass is 656 g/mol. The molecule has 12 heteroatoms. The van der Waals surface area contributed by atoms with E-state index in [1.165, 1.54) is 6.07 Å². The Labute approximate surface area is 280 Å². The van der Waals surface area contributed by atoms with Crippen LogP contribution in [-0.2, 0) is 13.1 Å². The van der Waals surface area contributed by atoms with Crippen LogP contribution in [0.4, 0.5) is 21.6 Å². The summed E-state index contributed by atoms with van der Waals surface area (Å²) in [4.78, 5) is 29.7. The van der Waals surface area contributed by atoms with Gasteiger partial charge in [-0.3, -0.25) is 9.69 Å². The van der Waals surface area contributed by atoms with Crippen LogP contribution >= 0.6 is 0 Å². The topological polar surface area (TPSA) is 114 Å². The number of nitrogens with two attached hydrogens (primary N) is 1. The van der Waals surface area contributed by atoms with E-state index in [4.69, 9.17) is 15.2 Å². The van der Waals surface area contributed by atoms with Crippen LogP contribution in [0, 0.1) is 5.82 Å². The van der Waals surface area contributed by atoms with Gasteiger partial charge >= 0.3 is 0 Å². The standard InChI is InChI=1S/C36H45FN8O3/c1-23-22-48-36-33-29(15-30(37)34(36)42(2)26-6-4-11-39-16-26)35(46)25(20-45(23)33)19-44(18-24-10-12-40-32(14-24)47-3)28-7-5-13-43(21-28)27-8-9-31(38)41-17-27/h8-10,12,14-15,17,20,23,26,28,39H,4-7,11,13,16,18-19,21-22H2,1-3H3,(H2,38,41)/t23?,26?,28-/m0/s1. The largest absolute Gasteiger partial charge is 0.487 e. The molecule has 2 unspecified atom stereocenters. The highest BCUT2D eigenvalue weighted by Gasteiger charge is 2.32. The van der Waals surface area contributed by atoms with Gasteiger partial charge in [-0.15, -0.1) is 0 Å². The molecule has 0 spiro atoms. The van der Waals surface area contributed by atoms with Gasteiger partial charge in [-0.25, -0.2) is 14.4 Å². The second-order valence-electron chi connectivity index (χ2n) is 13.4. The first-order chi connectivity index (χ1) is 23.3. The molecular formula is C36H45FN8O3. The Morgan fingerprint density at radius 2 is 2.00 bits per heavy atom. The number of hydrogen-bond donors (Lipinski definition) is 2.